The summed E-state index contributed by atoms with van der Waals surface area (Å²) in [7, 11) is 3.86. The molecule has 1 aliphatic heterocycles. The van der Waals surface area contributed by atoms with Gasteiger partial charge in [0, 0.05) is 43.0 Å². The maximum absolute atomic E-state index is 13.0. The van der Waals surface area contributed by atoms with Crippen molar-refractivity contribution in [2.45, 2.75) is 25.1 Å². The fourth-order valence-corrected chi connectivity index (χ4v) is 4.92. The predicted octanol–water partition coefficient (Wildman–Crippen LogP) is 4.02. The summed E-state index contributed by atoms with van der Waals surface area (Å²) >= 11 is 0. The van der Waals surface area contributed by atoms with E-state index in [0.717, 1.165) is 31.2 Å². The second-order valence-electron chi connectivity index (χ2n) is 10.5. The third kappa shape index (κ3) is 6.64. The van der Waals surface area contributed by atoms with Gasteiger partial charge in [-0.25, -0.2) is 19.6 Å². The molecule has 1 fully saturated rings. The van der Waals surface area contributed by atoms with Gasteiger partial charge in [-0.05, 0) is 51.2 Å². The van der Waals surface area contributed by atoms with Gasteiger partial charge >= 0.3 is 6.18 Å². The van der Waals surface area contributed by atoms with Crippen LogP contribution in [0.15, 0.2) is 61.1 Å². The molecule has 1 aromatic carbocycles. The summed E-state index contributed by atoms with van der Waals surface area (Å²) in [5.74, 6) is -0.666. The molecule has 11 nitrogen and oxygen atoms in total. The number of nitrogens with zero attached hydrogens (tertiary/aromatic N) is 7. The minimum absolute atomic E-state index is 0.0634. The van der Waals surface area contributed by atoms with Crippen LogP contribution in [0.3, 0.4) is 0 Å². The fourth-order valence-electron chi connectivity index (χ4n) is 4.92. The molecule has 1 unspecified atom stereocenters. The van der Waals surface area contributed by atoms with Crippen molar-refractivity contribution in [3.8, 4) is 11.3 Å². The van der Waals surface area contributed by atoms with E-state index in [1.54, 1.807) is 27.8 Å². The number of hydrogen-bond donors (Lipinski definition) is 2. The zero-order valence-corrected chi connectivity index (χ0v) is 23.5. The molecule has 0 saturated carbocycles. The lowest BCUT2D eigenvalue weighted by Crippen LogP contribution is -2.40. The largest absolute Gasteiger partial charge is 0.416 e. The smallest absolute Gasteiger partial charge is 0.383 e. The fraction of sp³-hybridized carbons (Fsp3) is 0.310. The number of aromatic nitrogens is 5. The first-order chi connectivity index (χ1) is 20.5. The minimum atomic E-state index is -4.56. The highest BCUT2D eigenvalue weighted by molar-refractivity contribution is 6.04. The number of benzene rings is 1. The Hall–Kier alpha value is -4.85. The number of amides is 2. The maximum Gasteiger partial charge on any atom is 0.416 e. The number of alkyl halides is 3. The number of halogens is 3. The second kappa shape index (κ2) is 12.2. The number of piperidine rings is 1. The van der Waals surface area contributed by atoms with Crippen molar-refractivity contribution in [3.63, 3.8) is 0 Å². The van der Waals surface area contributed by atoms with Gasteiger partial charge in [0.2, 0.25) is 5.91 Å². The number of pyridine rings is 1. The van der Waals surface area contributed by atoms with Gasteiger partial charge in [-0.3, -0.25) is 9.59 Å². The molecule has 0 spiro atoms. The lowest BCUT2D eigenvalue weighted by atomic mass is 10.1. The van der Waals surface area contributed by atoms with Gasteiger partial charge in [-0.15, -0.1) is 0 Å². The number of nitrogens with one attached hydrogen (secondary N) is 1. The standard InChI is InChI=1S/C29H30F3N9O2/c1-39(2)13-4-6-23(42)40-14-3-5-21(16-40)41-27-24(26(33)35-17-36-27)25(38-41)18-7-9-19(10-8-18)28(43)37-22-15-20(11-12-34-22)29(30,31)32/h4,6-12,15,17,21H,3,5,13-14,16H2,1-2H3,(H2,33,35,36)(H,34,37,43)/b6-4+. The molecule has 5 rings (SSSR count). The van der Waals surface area contributed by atoms with Crippen LogP contribution >= 0.6 is 0 Å². The highest BCUT2D eigenvalue weighted by Gasteiger charge is 2.31. The number of hydrogen-bond acceptors (Lipinski definition) is 8. The summed E-state index contributed by atoms with van der Waals surface area (Å²) in [6.45, 7) is 1.76. The topological polar surface area (TPSA) is 135 Å². The Morgan fingerprint density at radius 2 is 1.91 bits per heavy atom. The molecule has 224 valence electrons. The molecular formula is C29H30F3N9O2. The molecule has 1 aliphatic rings. The average molecular weight is 594 g/mol. The van der Waals surface area contributed by atoms with E-state index in [1.165, 1.54) is 18.5 Å². The van der Waals surface area contributed by atoms with Crippen LogP contribution < -0.4 is 11.1 Å². The van der Waals surface area contributed by atoms with E-state index in [9.17, 15) is 22.8 Å². The summed E-state index contributed by atoms with van der Waals surface area (Å²) in [6, 6.07) is 7.85. The number of fused-ring (bicyclic) bond motifs is 1. The Kier molecular flexibility index (Phi) is 8.39. The molecule has 4 aromatic rings. The molecule has 0 bridgehead atoms. The number of likely N-dealkylation sites (N-methyl/N-ethyl adjacent to an activating group) is 1. The summed E-state index contributed by atoms with van der Waals surface area (Å²) in [5.41, 5.74) is 7.23. The molecule has 1 saturated heterocycles. The number of carbonyl (C=O) groups excluding carboxylic acids is 2. The van der Waals surface area contributed by atoms with E-state index in [-0.39, 0.29) is 29.1 Å². The number of nitrogen functional groups attached to an aromatic ring is 1. The zero-order valence-electron chi connectivity index (χ0n) is 23.5. The summed E-state index contributed by atoms with van der Waals surface area (Å²) in [5, 5.41) is 7.79. The second-order valence-corrected chi connectivity index (χ2v) is 10.5. The van der Waals surface area contributed by atoms with Crippen molar-refractivity contribution < 1.29 is 22.8 Å². The molecule has 0 radical (unpaired) electrons. The SMILES string of the molecule is CN(C)C/C=C/C(=O)N1CCCC(n2nc(-c3ccc(C(=O)Nc4cc(C(F)(F)F)ccn4)cc3)c3c(N)ncnc32)C1. The van der Waals surface area contributed by atoms with Crippen molar-refractivity contribution in [1.29, 1.82) is 0 Å². The number of likely N-dealkylation sites (tertiary alicyclic amines) is 1. The van der Waals surface area contributed by atoms with Crippen LogP contribution in [0, 0.1) is 0 Å². The summed E-state index contributed by atoms with van der Waals surface area (Å²) in [4.78, 5) is 41.7. The van der Waals surface area contributed by atoms with Gasteiger partial charge in [-0.2, -0.15) is 18.3 Å². The van der Waals surface area contributed by atoms with Crippen LogP contribution in [0.1, 0.15) is 34.8 Å². The van der Waals surface area contributed by atoms with Crippen molar-refractivity contribution >= 4 is 34.5 Å². The van der Waals surface area contributed by atoms with Crippen LogP contribution in [-0.4, -0.2) is 80.1 Å². The summed E-state index contributed by atoms with van der Waals surface area (Å²) < 4.78 is 40.9. The lowest BCUT2D eigenvalue weighted by molar-refractivity contribution is -0.137. The molecule has 14 heteroatoms. The van der Waals surface area contributed by atoms with Crippen molar-refractivity contribution in [3.05, 3.63) is 72.2 Å². The maximum atomic E-state index is 13.0. The number of carbonyl (C=O) groups is 2. The third-order valence-electron chi connectivity index (χ3n) is 7.05. The Morgan fingerprint density at radius 3 is 2.63 bits per heavy atom. The van der Waals surface area contributed by atoms with Gasteiger partial charge in [-0.1, -0.05) is 18.2 Å². The van der Waals surface area contributed by atoms with Crippen molar-refractivity contribution in [2.24, 2.45) is 0 Å². The van der Waals surface area contributed by atoms with Crippen molar-refractivity contribution in [2.75, 3.05) is 44.8 Å². The third-order valence-corrected chi connectivity index (χ3v) is 7.05. The first-order valence-corrected chi connectivity index (χ1v) is 13.5. The van der Waals surface area contributed by atoms with Crippen LogP contribution in [0.5, 0.6) is 0 Å². The average Bonchev–Trinajstić information content (AvgIpc) is 3.38. The highest BCUT2D eigenvalue weighted by Crippen LogP contribution is 2.34. The highest BCUT2D eigenvalue weighted by atomic mass is 19.4. The van der Waals surface area contributed by atoms with Gasteiger partial charge in [0.05, 0.1) is 17.0 Å². The normalized spacial score (nSPS) is 15.9. The quantitative estimate of drug-likeness (QED) is 0.307. The molecule has 3 N–H and O–H groups in total. The minimum Gasteiger partial charge on any atom is -0.383 e. The summed E-state index contributed by atoms with van der Waals surface area (Å²) in [6.07, 6.45) is 2.80. The molecule has 2 amide bonds. The number of anilines is 2. The number of rotatable bonds is 7. The van der Waals surface area contributed by atoms with E-state index in [2.05, 4.69) is 20.3 Å². The Labute approximate surface area is 245 Å². The molecular weight excluding hydrogens is 563 g/mol. The first kappa shape index (κ1) is 29.6. The molecule has 1 atom stereocenters. The van der Waals surface area contributed by atoms with Gasteiger partial charge in [0.15, 0.2) is 5.65 Å². The van der Waals surface area contributed by atoms with Gasteiger partial charge < -0.3 is 20.9 Å². The molecule has 4 heterocycles. The van der Waals surface area contributed by atoms with Gasteiger partial charge in [0.1, 0.15) is 23.7 Å². The molecule has 0 aliphatic carbocycles. The van der Waals surface area contributed by atoms with Crippen LogP contribution in [0.4, 0.5) is 24.8 Å². The van der Waals surface area contributed by atoms with Crippen molar-refractivity contribution in [1.82, 2.24) is 34.5 Å². The first-order valence-electron chi connectivity index (χ1n) is 13.5. The van der Waals surface area contributed by atoms with E-state index in [0.29, 0.717) is 41.9 Å². The van der Waals surface area contributed by atoms with E-state index < -0.39 is 17.6 Å². The van der Waals surface area contributed by atoms with Gasteiger partial charge in [0.25, 0.3) is 5.91 Å². The van der Waals surface area contributed by atoms with Crippen LogP contribution in [0.2, 0.25) is 0 Å². The van der Waals surface area contributed by atoms with Crippen LogP contribution in [0.25, 0.3) is 22.3 Å². The number of nitrogens with two attached hydrogens (primary N) is 1. The Balaban J connectivity index is 1.39. The molecule has 43 heavy (non-hydrogen) atoms. The zero-order chi connectivity index (χ0) is 30.7. The predicted molar refractivity (Wildman–Crippen MR) is 155 cm³/mol. The molecule has 3 aromatic heterocycles. The Morgan fingerprint density at radius 1 is 1.14 bits per heavy atom. The van der Waals surface area contributed by atoms with E-state index in [1.807, 2.05) is 25.1 Å². The lowest BCUT2D eigenvalue weighted by Gasteiger charge is -2.32. The van der Waals surface area contributed by atoms with E-state index in [4.69, 9.17) is 10.8 Å². The van der Waals surface area contributed by atoms with Crippen LogP contribution in [-0.2, 0) is 11.0 Å². The Bertz CT molecular complexity index is 1670. The monoisotopic (exact) mass is 593 g/mol. The van der Waals surface area contributed by atoms with E-state index >= 15 is 0 Å².